The highest BCUT2D eigenvalue weighted by molar-refractivity contribution is 7.90. The third-order valence-electron chi connectivity index (χ3n) is 3.70. The number of sulfone groups is 1. The summed E-state index contributed by atoms with van der Waals surface area (Å²) in [5.74, 6) is 0.188. The molecule has 1 saturated carbocycles. The zero-order valence-electron chi connectivity index (χ0n) is 11.2. The highest BCUT2D eigenvalue weighted by Gasteiger charge is 2.39. The minimum atomic E-state index is -3.38. The molecule has 0 radical (unpaired) electrons. The minimum absolute atomic E-state index is 0.0901. The van der Waals surface area contributed by atoms with Crippen LogP contribution in [0.15, 0.2) is 11.1 Å². The second kappa shape index (κ2) is 4.85. The highest BCUT2D eigenvalue weighted by Crippen LogP contribution is 2.35. The number of aromatic nitrogens is 2. The molecule has 0 spiro atoms. The van der Waals surface area contributed by atoms with Gasteiger partial charge in [0.1, 0.15) is 4.90 Å². The lowest BCUT2D eigenvalue weighted by atomic mass is 10.1. The standard InChI is InChI=1S/C12H17N3O4S/c1-20(17,18)10-6-13-14-11(10)9-7-19-5-4-15(9)12(16)8-2-3-8/h6,8-9H,2-5,7H2,1H3,(H,13,14)/t9-/m0/s1. The van der Waals surface area contributed by atoms with Gasteiger partial charge < -0.3 is 9.64 Å². The molecule has 1 atom stereocenters. The van der Waals surface area contributed by atoms with Crippen LogP contribution in [0.4, 0.5) is 0 Å². The Morgan fingerprint density at radius 3 is 2.90 bits per heavy atom. The summed E-state index contributed by atoms with van der Waals surface area (Å²) < 4.78 is 29.0. The first-order chi connectivity index (χ1) is 9.48. The molecule has 1 aromatic heterocycles. The van der Waals surface area contributed by atoms with Crippen LogP contribution < -0.4 is 0 Å². The molecule has 0 aromatic carbocycles. The van der Waals surface area contributed by atoms with Crippen LogP contribution in [0.2, 0.25) is 0 Å². The van der Waals surface area contributed by atoms with Crippen LogP contribution in [0.3, 0.4) is 0 Å². The fourth-order valence-corrected chi connectivity index (χ4v) is 3.32. The van der Waals surface area contributed by atoms with Crippen LogP contribution in [-0.4, -0.2) is 55.4 Å². The monoisotopic (exact) mass is 299 g/mol. The molecule has 1 saturated heterocycles. The average Bonchev–Trinajstić information content (AvgIpc) is 3.13. The van der Waals surface area contributed by atoms with Gasteiger partial charge >= 0.3 is 0 Å². The quantitative estimate of drug-likeness (QED) is 0.856. The van der Waals surface area contributed by atoms with Crippen molar-refractivity contribution in [2.24, 2.45) is 5.92 Å². The molecular formula is C12H17N3O4S. The van der Waals surface area contributed by atoms with Gasteiger partial charge in [0.05, 0.1) is 31.1 Å². The van der Waals surface area contributed by atoms with Crippen LogP contribution in [0.25, 0.3) is 0 Å². The largest absolute Gasteiger partial charge is 0.377 e. The lowest BCUT2D eigenvalue weighted by molar-refractivity contribution is -0.141. The summed E-state index contributed by atoms with van der Waals surface area (Å²) in [5, 5.41) is 6.54. The van der Waals surface area contributed by atoms with Crippen molar-refractivity contribution in [2.45, 2.75) is 23.8 Å². The summed E-state index contributed by atoms with van der Waals surface area (Å²) in [6.45, 7) is 1.27. The van der Waals surface area contributed by atoms with Crippen molar-refractivity contribution >= 4 is 15.7 Å². The van der Waals surface area contributed by atoms with Gasteiger partial charge in [-0.25, -0.2) is 8.42 Å². The molecule has 1 N–H and O–H groups in total. The van der Waals surface area contributed by atoms with Crippen LogP contribution in [-0.2, 0) is 19.4 Å². The van der Waals surface area contributed by atoms with Gasteiger partial charge in [-0.05, 0) is 12.8 Å². The summed E-state index contributed by atoms with van der Waals surface area (Å²) >= 11 is 0. The Hall–Kier alpha value is -1.41. The molecule has 1 aliphatic carbocycles. The predicted molar refractivity (Wildman–Crippen MR) is 69.7 cm³/mol. The molecule has 1 aliphatic heterocycles. The molecule has 2 heterocycles. The fraction of sp³-hybridized carbons (Fsp3) is 0.667. The Morgan fingerprint density at radius 1 is 1.50 bits per heavy atom. The Balaban J connectivity index is 1.94. The van der Waals surface area contributed by atoms with Crippen molar-refractivity contribution in [3.63, 3.8) is 0 Å². The summed E-state index contributed by atoms with van der Waals surface area (Å²) in [6, 6.07) is -0.399. The molecule has 1 amide bonds. The smallest absolute Gasteiger partial charge is 0.226 e. The number of rotatable bonds is 3. The van der Waals surface area contributed by atoms with Crippen molar-refractivity contribution in [1.29, 1.82) is 0 Å². The molecule has 0 bridgehead atoms. The number of hydrogen-bond donors (Lipinski definition) is 1. The first kappa shape index (κ1) is 13.6. The van der Waals surface area contributed by atoms with Crippen molar-refractivity contribution in [3.05, 3.63) is 11.9 Å². The van der Waals surface area contributed by atoms with Crippen LogP contribution >= 0.6 is 0 Å². The van der Waals surface area contributed by atoms with Gasteiger partial charge in [-0.1, -0.05) is 0 Å². The van der Waals surface area contributed by atoms with E-state index in [1.165, 1.54) is 6.20 Å². The minimum Gasteiger partial charge on any atom is -0.377 e. The van der Waals surface area contributed by atoms with Gasteiger partial charge in [-0.15, -0.1) is 0 Å². The van der Waals surface area contributed by atoms with E-state index in [-0.39, 0.29) is 16.7 Å². The second-order valence-corrected chi connectivity index (χ2v) is 7.30. The number of amides is 1. The number of nitrogens with zero attached hydrogens (tertiary/aromatic N) is 2. The van der Waals surface area contributed by atoms with E-state index in [4.69, 9.17) is 4.74 Å². The third kappa shape index (κ3) is 2.45. The van der Waals surface area contributed by atoms with Crippen molar-refractivity contribution in [1.82, 2.24) is 15.1 Å². The van der Waals surface area contributed by atoms with Crippen LogP contribution in [0.1, 0.15) is 24.6 Å². The van der Waals surface area contributed by atoms with Crippen LogP contribution in [0.5, 0.6) is 0 Å². The normalized spacial score (nSPS) is 23.9. The van der Waals surface area contributed by atoms with Gasteiger partial charge in [0, 0.05) is 18.7 Å². The molecule has 7 nitrogen and oxygen atoms in total. The summed E-state index contributed by atoms with van der Waals surface area (Å²) in [5.41, 5.74) is 0.446. The van der Waals surface area contributed by atoms with Crippen molar-refractivity contribution in [2.75, 3.05) is 26.0 Å². The van der Waals surface area contributed by atoms with E-state index in [1.54, 1.807) is 4.90 Å². The number of carbonyl (C=O) groups excluding carboxylic acids is 1. The van der Waals surface area contributed by atoms with Gasteiger partial charge in [0.2, 0.25) is 5.91 Å². The molecule has 0 unspecified atom stereocenters. The molecule has 1 aromatic rings. The Labute approximate surface area is 117 Å². The topological polar surface area (TPSA) is 92.4 Å². The van der Waals surface area contributed by atoms with Gasteiger partial charge in [0.15, 0.2) is 9.84 Å². The SMILES string of the molecule is CS(=O)(=O)c1cn[nH]c1[C@@H]1COCCN1C(=O)C1CC1. The summed E-state index contributed by atoms with van der Waals surface area (Å²) in [6.07, 6.45) is 4.27. The molecule has 20 heavy (non-hydrogen) atoms. The van der Waals surface area contributed by atoms with E-state index in [1.807, 2.05) is 0 Å². The fourth-order valence-electron chi connectivity index (χ4n) is 2.49. The summed E-state index contributed by atoms with van der Waals surface area (Å²) in [4.78, 5) is 14.2. The Bertz CT molecular complexity index is 620. The van der Waals surface area contributed by atoms with E-state index in [0.717, 1.165) is 19.1 Å². The van der Waals surface area contributed by atoms with Gasteiger partial charge in [-0.3, -0.25) is 9.89 Å². The Kier molecular flexibility index (Phi) is 3.29. The van der Waals surface area contributed by atoms with Crippen molar-refractivity contribution in [3.8, 4) is 0 Å². The zero-order chi connectivity index (χ0) is 14.3. The number of carbonyl (C=O) groups is 1. The maximum atomic E-state index is 12.3. The molecule has 110 valence electrons. The van der Waals surface area contributed by atoms with Gasteiger partial charge in [-0.2, -0.15) is 5.10 Å². The summed E-state index contributed by atoms with van der Waals surface area (Å²) in [7, 11) is -3.38. The number of morpholine rings is 1. The number of ether oxygens (including phenoxy) is 1. The van der Waals surface area contributed by atoms with Gasteiger partial charge in [0.25, 0.3) is 0 Å². The lowest BCUT2D eigenvalue weighted by Crippen LogP contribution is -2.44. The highest BCUT2D eigenvalue weighted by atomic mass is 32.2. The number of hydrogen-bond acceptors (Lipinski definition) is 5. The zero-order valence-corrected chi connectivity index (χ0v) is 12.0. The maximum Gasteiger partial charge on any atom is 0.226 e. The van der Waals surface area contributed by atoms with E-state index in [9.17, 15) is 13.2 Å². The number of aromatic amines is 1. The van der Waals surface area contributed by atoms with Crippen LogP contribution in [0, 0.1) is 5.92 Å². The lowest BCUT2D eigenvalue weighted by Gasteiger charge is -2.35. The third-order valence-corrected chi connectivity index (χ3v) is 4.83. The first-order valence-electron chi connectivity index (χ1n) is 6.60. The van der Waals surface area contributed by atoms with E-state index in [0.29, 0.717) is 25.5 Å². The predicted octanol–water partition coefficient (Wildman–Crippen LogP) is 0.123. The average molecular weight is 299 g/mol. The molecule has 2 aliphatic rings. The second-order valence-electron chi connectivity index (χ2n) is 5.32. The Morgan fingerprint density at radius 2 is 2.25 bits per heavy atom. The van der Waals surface area contributed by atoms with E-state index < -0.39 is 15.9 Å². The molecular weight excluding hydrogens is 282 g/mol. The molecule has 2 fully saturated rings. The van der Waals surface area contributed by atoms with E-state index >= 15 is 0 Å². The first-order valence-corrected chi connectivity index (χ1v) is 8.49. The number of H-pyrrole nitrogens is 1. The molecule has 8 heteroatoms. The van der Waals surface area contributed by atoms with E-state index in [2.05, 4.69) is 10.2 Å². The van der Waals surface area contributed by atoms with Crippen molar-refractivity contribution < 1.29 is 17.9 Å². The number of nitrogens with one attached hydrogen (secondary N) is 1. The maximum absolute atomic E-state index is 12.3. The molecule has 3 rings (SSSR count).